The molecule has 0 aromatic carbocycles. The van der Waals surface area contributed by atoms with Crippen LogP contribution in [0.25, 0.3) is 0 Å². The summed E-state index contributed by atoms with van der Waals surface area (Å²) < 4.78 is 10.7. The van der Waals surface area contributed by atoms with Crippen molar-refractivity contribution in [2.24, 2.45) is 0 Å². The second-order valence-corrected chi connectivity index (χ2v) is 4.50. The molecular formula is C12H23NO3. The first kappa shape index (κ1) is 13.5. The van der Waals surface area contributed by atoms with Gasteiger partial charge in [0.25, 0.3) is 0 Å². The summed E-state index contributed by atoms with van der Waals surface area (Å²) in [6, 6.07) is -0.207. The SMILES string of the molecule is CCOC(=O)C(CC)NCC1(C)CCCO1. The van der Waals surface area contributed by atoms with Crippen LogP contribution >= 0.6 is 0 Å². The van der Waals surface area contributed by atoms with Gasteiger partial charge in [-0.1, -0.05) is 6.92 Å². The predicted molar refractivity (Wildman–Crippen MR) is 62.3 cm³/mol. The van der Waals surface area contributed by atoms with E-state index in [1.165, 1.54) is 0 Å². The zero-order chi connectivity index (χ0) is 12.0. The number of esters is 1. The van der Waals surface area contributed by atoms with Crippen LogP contribution in [0.4, 0.5) is 0 Å². The van der Waals surface area contributed by atoms with E-state index in [4.69, 9.17) is 9.47 Å². The van der Waals surface area contributed by atoms with E-state index in [2.05, 4.69) is 12.2 Å². The van der Waals surface area contributed by atoms with Crippen molar-refractivity contribution in [2.75, 3.05) is 19.8 Å². The van der Waals surface area contributed by atoms with Crippen LogP contribution in [-0.2, 0) is 14.3 Å². The van der Waals surface area contributed by atoms with Crippen LogP contribution in [-0.4, -0.2) is 37.4 Å². The van der Waals surface area contributed by atoms with Gasteiger partial charge in [0.2, 0.25) is 0 Å². The Bertz CT molecular complexity index is 224. The molecule has 1 aliphatic rings. The average Bonchev–Trinajstić information content (AvgIpc) is 2.67. The highest BCUT2D eigenvalue weighted by Crippen LogP contribution is 2.24. The maximum Gasteiger partial charge on any atom is 0.323 e. The lowest BCUT2D eigenvalue weighted by atomic mass is 10.0. The fourth-order valence-corrected chi connectivity index (χ4v) is 1.95. The minimum Gasteiger partial charge on any atom is -0.465 e. The Labute approximate surface area is 97.7 Å². The highest BCUT2D eigenvalue weighted by Gasteiger charge is 2.31. The van der Waals surface area contributed by atoms with Gasteiger partial charge in [0.1, 0.15) is 6.04 Å². The zero-order valence-corrected chi connectivity index (χ0v) is 10.5. The van der Waals surface area contributed by atoms with Crippen LogP contribution in [0.2, 0.25) is 0 Å². The van der Waals surface area contributed by atoms with Crippen molar-refractivity contribution >= 4 is 5.97 Å². The van der Waals surface area contributed by atoms with Gasteiger partial charge < -0.3 is 14.8 Å². The molecule has 0 aromatic rings. The lowest BCUT2D eigenvalue weighted by Gasteiger charge is -2.26. The Kier molecular flexibility index (Phi) is 5.22. The summed E-state index contributed by atoms with van der Waals surface area (Å²) in [5.41, 5.74) is -0.111. The first-order chi connectivity index (χ1) is 7.61. The van der Waals surface area contributed by atoms with Gasteiger partial charge >= 0.3 is 5.97 Å². The lowest BCUT2D eigenvalue weighted by molar-refractivity contribution is -0.146. The average molecular weight is 229 g/mol. The molecule has 0 aliphatic carbocycles. The molecule has 4 nitrogen and oxygen atoms in total. The number of ether oxygens (including phenoxy) is 2. The van der Waals surface area contributed by atoms with E-state index >= 15 is 0 Å². The Morgan fingerprint density at radius 2 is 2.31 bits per heavy atom. The molecule has 1 aliphatic heterocycles. The van der Waals surface area contributed by atoms with E-state index in [1.807, 2.05) is 13.8 Å². The summed E-state index contributed by atoms with van der Waals surface area (Å²) in [7, 11) is 0. The summed E-state index contributed by atoms with van der Waals surface area (Å²) in [5, 5.41) is 3.24. The molecule has 16 heavy (non-hydrogen) atoms. The maximum atomic E-state index is 11.6. The van der Waals surface area contributed by atoms with Crippen molar-refractivity contribution in [3.8, 4) is 0 Å². The van der Waals surface area contributed by atoms with Gasteiger partial charge in [-0.15, -0.1) is 0 Å². The number of rotatable bonds is 6. The second kappa shape index (κ2) is 6.21. The van der Waals surface area contributed by atoms with Crippen molar-refractivity contribution in [2.45, 2.75) is 51.7 Å². The van der Waals surface area contributed by atoms with E-state index in [9.17, 15) is 4.79 Å². The van der Waals surface area contributed by atoms with Crippen LogP contribution in [0.3, 0.4) is 0 Å². The fraction of sp³-hybridized carbons (Fsp3) is 0.917. The van der Waals surface area contributed by atoms with Crippen molar-refractivity contribution in [1.82, 2.24) is 5.32 Å². The Hall–Kier alpha value is -0.610. The standard InChI is InChI=1S/C12H23NO3/c1-4-10(11(14)15-5-2)13-9-12(3)7-6-8-16-12/h10,13H,4-9H2,1-3H3. The molecule has 94 valence electrons. The molecule has 0 spiro atoms. The lowest BCUT2D eigenvalue weighted by Crippen LogP contribution is -2.45. The molecule has 1 saturated heterocycles. The number of carbonyl (C=O) groups excluding carboxylic acids is 1. The fourth-order valence-electron chi connectivity index (χ4n) is 1.95. The third kappa shape index (κ3) is 3.76. The molecule has 0 amide bonds. The summed E-state index contributed by atoms with van der Waals surface area (Å²) >= 11 is 0. The van der Waals surface area contributed by atoms with Gasteiger partial charge in [-0.05, 0) is 33.1 Å². The van der Waals surface area contributed by atoms with Crippen LogP contribution < -0.4 is 5.32 Å². The summed E-state index contributed by atoms with van der Waals surface area (Å²) in [6.45, 7) is 7.87. The maximum absolute atomic E-state index is 11.6. The second-order valence-electron chi connectivity index (χ2n) is 4.50. The third-order valence-electron chi connectivity index (χ3n) is 3.00. The molecule has 2 atom stereocenters. The predicted octanol–water partition coefficient (Wildman–Crippen LogP) is 1.49. The van der Waals surface area contributed by atoms with Gasteiger partial charge in [0.15, 0.2) is 0 Å². The molecule has 0 saturated carbocycles. The van der Waals surface area contributed by atoms with E-state index < -0.39 is 0 Å². The summed E-state index contributed by atoms with van der Waals surface area (Å²) in [5.74, 6) is -0.161. The number of hydrogen-bond donors (Lipinski definition) is 1. The minimum absolute atomic E-state index is 0.111. The molecule has 2 unspecified atom stereocenters. The largest absolute Gasteiger partial charge is 0.465 e. The van der Waals surface area contributed by atoms with Crippen molar-refractivity contribution in [3.63, 3.8) is 0 Å². The van der Waals surface area contributed by atoms with Crippen molar-refractivity contribution in [3.05, 3.63) is 0 Å². The third-order valence-corrected chi connectivity index (χ3v) is 3.00. The first-order valence-corrected chi connectivity index (χ1v) is 6.15. The zero-order valence-electron chi connectivity index (χ0n) is 10.5. The molecule has 4 heteroatoms. The topological polar surface area (TPSA) is 47.6 Å². The summed E-state index contributed by atoms with van der Waals surface area (Å²) in [4.78, 5) is 11.6. The van der Waals surface area contributed by atoms with E-state index in [-0.39, 0.29) is 17.6 Å². The smallest absolute Gasteiger partial charge is 0.323 e. The van der Waals surface area contributed by atoms with E-state index in [0.717, 1.165) is 25.9 Å². The molecule has 1 rings (SSSR count). The van der Waals surface area contributed by atoms with Gasteiger partial charge in [0.05, 0.1) is 12.2 Å². The number of nitrogens with one attached hydrogen (secondary N) is 1. The molecule has 1 fully saturated rings. The van der Waals surface area contributed by atoms with E-state index in [0.29, 0.717) is 13.2 Å². The van der Waals surface area contributed by atoms with Gasteiger partial charge in [-0.3, -0.25) is 4.79 Å². The minimum atomic E-state index is -0.207. The van der Waals surface area contributed by atoms with Crippen molar-refractivity contribution < 1.29 is 14.3 Å². The molecule has 1 heterocycles. The molecule has 1 N–H and O–H groups in total. The van der Waals surface area contributed by atoms with E-state index in [1.54, 1.807) is 0 Å². The molecule has 0 radical (unpaired) electrons. The monoisotopic (exact) mass is 229 g/mol. The quantitative estimate of drug-likeness (QED) is 0.701. The highest BCUT2D eigenvalue weighted by atomic mass is 16.5. The Morgan fingerprint density at radius 1 is 1.56 bits per heavy atom. The summed E-state index contributed by atoms with van der Waals surface area (Å²) in [6.07, 6.45) is 2.91. The molecule has 0 aromatic heterocycles. The van der Waals surface area contributed by atoms with Crippen molar-refractivity contribution in [1.29, 1.82) is 0 Å². The number of hydrogen-bond acceptors (Lipinski definition) is 4. The van der Waals surface area contributed by atoms with Gasteiger partial charge in [-0.25, -0.2) is 0 Å². The Morgan fingerprint density at radius 3 is 2.81 bits per heavy atom. The molecule has 0 bridgehead atoms. The normalized spacial score (nSPS) is 26.7. The molecular weight excluding hydrogens is 206 g/mol. The van der Waals surface area contributed by atoms with Gasteiger partial charge in [0, 0.05) is 13.2 Å². The van der Waals surface area contributed by atoms with Crippen LogP contribution in [0, 0.1) is 0 Å². The first-order valence-electron chi connectivity index (χ1n) is 6.15. The highest BCUT2D eigenvalue weighted by molar-refractivity contribution is 5.75. The van der Waals surface area contributed by atoms with Crippen LogP contribution in [0.1, 0.15) is 40.0 Å². The number of carbonyl (C=O) groups is 1. The van der Waals surface area contributed by atoms with Crippen LogP contribution in [0.15, 0.2) is 0 Å². The Balaban J connectivity index is 2.35. The van der Waals surface area contributed by atoms with Gasteiger partial charge in [-0.2, -0.15) is 0 Å². The van der Waals surface area contributed by atoms with Crippen LogP contribution in [0.5, 0.6) is 0 Å².